The quantitative estimate of drug-likeness (QED) is 0.578. The Labute approximate surface area is 203 Å². The van der Waals surface area contributed by atoms with E-state index in [0.29, 0.717) is 49.5 Å². The van der Waals surface area contributed by atoms with E-state index in [4.69, 9.17) is 32.2 Å². The van der Waals surface area contributed by atoms with E-state index >= 15 is 0 Å². The lowest BCUT2D eigenvalue weighted by Gasteiger charge is -2.35. The minimum absolute atomic E-state index is 0.0325. The van der Waals surface area contributed by atoms with Gasteiger partial charge in [0.25, 0.3) is 5.91 Å². The lowest BCUT2D eigenvalue weighted by molar-refractivity contribution is 0.0658. The van der Waals surface area contributed by atoms with Gasteiger partial charge < -0.3 is 35.1 Å². The molecule has 34 heavy (non-hydrogen) atoms. The molecule has 0 aliphatic carbocycles. The van der Waals surface area contributed by atoms with E-state index in [0.717, 1.165) is 5.75 Å². The van der Waals surface area contributed by atoms with Crippen molar-refractivity contribution in [3.8, 4) is 11.5 Å². The van der Waals surface area contributed by atoms with Crippen LogP contribution in [0.4, 0.5) is 10.5 Å². The monoisotopic (exact) mass is 484 g/mol. The molecule has 1 unspecified atom stereocenters. The first kappa shape index (κ1) is 23.6. The van der Waals surface area contributed by atoms with Gasteiger partial charge in [-0.1, -0.05) is 6.07 Å². The summed E-state index contributed by atoms with van der Waals surface area (Å²) in [5.41, 5.74) is 6.76. The summed E-state index contributed by atoms with van der Waals surface area (Å²) in [6.45, 7) is 1.88. The van der Waals surface area contributed by atoms with Crippen LogP contribution in [0.15, 0.2) is 48.5 Å². The van der Waals surface area contributed by atoms with Crippen LogP contribution in [0.3, 0.4) is 0 Å². The number of anilines is 1. The number of likely N-dealkylation sites (tertiary alicyclic amines) is 1. The molecule has 2 aromatic rings. The molecule has 0 bridgehead atoms. The largest absolute Gasteiger partial charge is 0.497 e. The Morgan fingerprint density at radius 2 is 1.88 bits per heavy atom. The van der Waals surface area contributed by atoms with Crippen molar-refractivity contribution >= 4 is 35.0 Å². The maximum Gasteiger partial charge on any atom is 0.410 e. The summed E-state index contributed by atoms with van der Waals surface area (Å²) in [6.07, 6.45) is 0.720. The number of nitrogens with one attached hydrogen (secondary N) is 1. The van der Waals surface area contributed by atoms with E-state index < -0.39 is 0 Å². The second-order valence-corrected chi connectivity index (χ2v) is 8.68. The number of amides is 2. The minimum atomic E-state index is -0.335. The van der Waals surface area contributed by atoms with Gasteiger partial charge in [-0.05, 0) is 67.5 Å². The molecular formula is C24H28N4O5S. The van der Waals surface area contributed by atoms with Crippen molar-refractivity contribution in [1.82, 2.24) is 9.80 Å². The summed E-state index contributed by atoms with van der Waals surface area (Å²) in [5, 5.41) is 3.00. The van der Waals surface area contributed by atoms with Crippen molar-refractivity contribution in [2.45, 2.75) is 25.0 Å². The highest BCUT2D eigenvalue weighted by atomic mass is 32.1. The van der Waals surface area contributed by atoms with E-state index in [9.17, 15) is 9.59 Å². The number of hydrogen-bond donors (Lipinski definition) is 2. The van der Waals surface area contributed by atoms with Gasteiger partial charge in [-0.3, -0.25) is 4.79 Å². The Bertz CT molecular complexity index is 1040. The number of ether oxygens (including phenoxy) is 3. The van der Waals surface area contributed by atoms with E-state index in [1.54, 1.807) is 36.3 Å². The van der Waals surface area contributed by atoms with Crippen LogP contribution >= 0.6 is 12.2 Å². The molecule has 2 fully saturated rings. The lowest BCUT2D eigenvalue weighted by atomic mass is 10.0. The molecule has 1 atom stereocenters. The number of methoxy groups -OCH3 is 1. The predicted octanol–water partition coefficient (Wildman–Crippen LogP) is 2.86. The van der Waals surface area contributed by atoms with Gasteiger partial charge in [-0.15, -0.1) is 0 Å². The molecular weight excluding hydrogens is 456 g/mol. The number of carbonyl (C=O) groups excluding carboxylic acids is 2. The van der Waals surface area contributed by atoms with Crippen molar-refractivity contribution < 1.29 is 23.8 Å². The highest BCUT2D eigenvalue weighted by molar-refractivity contribution is 7.80. The van der Waals surface area contributed by atoms with Gasteiger partial charge in [0, 0.05) is 30.4 Å². The minimum Gasteiger partial charge on any atom is -0.497 e. The molecule has 2 aliphatic heterocycles. The van der Waals surface area contributed by atoms with Gasteiger partial charge in [-0.25, -0.2) is 4.79 Å². The van der Waals surface area contributed by atoms with Crippen LogP contribution in [0, 0.1) is 0 Å². The Kier molecular flexibility index (Phi) is 7.36. The molecule has 2 aliphatic rings. The van der Waals surface area contributed by atoms with Gasteiger partial charge in [0.2, 0.25) is 0 Å². The Morgan fingerprint density at radius 3 is 2.56 bits per heavy atom. The van der Waals surface area contributed by atoms with Crippen LogP contribution in [-0.2, 0) is 4.74 Å². The van der Waals surface area contributed by atoms with Crippen molar-refractivity contribution in [2.75, 3.05) is 38.7 Å². The number of benzene rings is 2. The average molecular weight is 485 g/mol. The van der Waals surface area contributed by atoms with E-state index in [-0.39, 0.29) is 35.9 Å². The highest BCUT2D eigenvalue weighted by Crippen LogP contribution is 2.25. The third-order valence-electron chi connectivity index (χ3n) is 5.97. The van der Waals surface area contributed by atoms with Gasteiger partial charge in [-0.2, -0.15) is 0 Å². The van der Waals surface area contributed by atoms with Gasteiger partial charge >= 0.3 is 6.09 Å². The third kappa shape index (κ3) is 5.69. The van der Waals surface area contributed by atoms with Crippen LogP contribution in [0.25, 0.3) is 0 Å². The van der Waals surface area contributed by atoms with Gasteiger partial charge in [0.15, 0.2) is 11.2 Å². The van der Waals surface area contributed by atoms with Crippen LogP contribution in [0.5, 0.6) is 11.5 Å². The molecule has 2 saturated heterocycles. The highest BCUT2D eigenvalue weighted by Gasteiger charge is 2.38. The van der Waals surface area contributed by atoms with E-state index in [1.165, 1.54) is 0 Å². The zero-order chi connectivity index (χ0) is 24.1. The Balaban J connectivity index is 1.27. The fraction of sp³-hybridized carbons (Fsp3) is 0.375. The van der Waals surface area contributed by atoms with Crippen LogP contribution in [0.2, 0.25) is 0 Å². The summed E-state index contributed by atoms with van der Waals surface area (Å²) in [5.74, 6) is 1.38. The van der Waals surface area contributed by atoms with Gasteiger partial charge in [0.1, 0.15) is 18.1 Å². The maximum absolute atomic E-state index is 12.9. The van der Waals surface area contributed by atoms with Crippen LogP contribution in [-0.4, -0.2) is 72.4 Å². The molecule has 180 valence electrons. The Morgan fingerprint density at radius 1 is 1.18 bits per heavy atom. The summed E-state index contributed by atoms with van der Waals surface area (Å²) >= 11 is 4.86. The van der Waals surface area contributed by atoms with E-state index in [1.807, 2.05) is 29.2 Å². The first-order valence-corrected chi connectivity index (χ1v) is 11.5. The number of hydrogen-bond acceptors (Lipinski definition) is 6. The number of carbonyl (C=O) groups is 2. The first-order valence-electron chi connectivity index (χ1n) is 11.1. The molecule has 3 N–H and O–H groups in total. The van der Waals surface area contributed by atoms with Crippen molar-refractivity contribution in [2.24, 2.45) is 5.73 Å². The summed E-state index contributed by atoms with van der Waals surface area (Å²) in [6, 6.07) is 14.4. The Hall–Kier alpha value is -3.53. The number of nitrogens with two attached hydrogens (primary N) is 1. The second-order valence-electron chi connectivity index (χ2n) is 8.24. The zero-order valence-electron chi connectivity index (χ0n) is 18.9. The maximum atomic E-state index is 12.9. The SMILES string of the molecule is COc1ccc(OCC2CN(C3CCN(C(=O)c4cccc(NC(N)=S)c4)CC3)C(=O)O2)cc1. The summed E-state index contributed by atoms with van der Waals surface area (Å²) in [4.78, 5) is 29.0. The molecule has 2 heterocycles. The standard InChI is InChI=1S/C24H28N4O5S/c1-31-19-5-7-20(8-6-19)32-15-21-14-28(24(30)33-21)18-9-11-27(12-10-18)22(29)16-3-2-4-17(13-16)26-23(25)34/h2-8,13,18,21H,9-12,14-15H2,1H3,(H3,25,26,34). The molecule has 0 radical (unpaired) electrons. The molecule has 0 saturated carbocycles. The molecule has 10 heteroatoms. The first-order chi connectivity index (χ1) is 16.4. The fourth-order valence-electron chi connectivity index (χ4n) is 4.22. The predicted molar refractivity (Wildman–Crippen MR) is 131 cm³/mol. The number of nitrogens with zero attached hydrogens (tertiary/aromatic N) is 2. The molecule has 2 amide bonds. The molecule has 9 nitrogen and oxygen atoms in total. The summed E-state index contributed by atoms with van der Waals surface area (Å²) < 4.78 is 16.4. The average Bonchev–Trinajstić information content (AvgIpc) is 3.23. The molecule has 4 rings (SSSR count). The fourth-order valence-corrected chi connectivity index (χ4v) is 4.34. The summed E-state index contributed by atoms with van der Waals surface area (Å²) in [7, 11) is 1.61. The molecule has 0 aromatic heterocycles. The van der Waals surface area contributed by atoms with Crippen molar-refractivity contribution in [3.63, 3.8) is 0 Å². The number of cyclic esters (lactones) is 1. The smallest absolute Gasteiger partial charge is 0.410 e. The number of piperidine rings is 1. The lowest BCUT2D eigenvalue weighted by Crippen LogP contribution is -2.47. The van der Waals surface area contributed by atoms with Crippen LogP contribution < -0.4 is 20.5 Å². The van der Waals surface area contributed by atoms with Crippen molar-refractivity contribution in [1.29, 1.82) is 0 Å². The number of rotatable bonds is 7. The van der Waals surface area contributed by atoms with Crippen LogP contribution in [0.1, 0.15) is 23.2 Å². The third-order valence-corrected chi connectivity index (χ3v) is 6.07. The topological polar surface area (TPSA) is 106 Å². The zero-order valence-corrected chi connectivity index (χ0v) is 19.8. The van der Waals surface area contributed by atoms with E-state index in [2.05, 4.69) is 5.32 Å². The molecule has 2 aromatic carbocycles. The van der Waals surface area contributed by atoms with Crippen molar-refractivity contribution in [3.05, 3.63) is 54.1 Å². The number of thiocarbonyl (C=S) groups is 1. The second kappa shape index (κ2) is 10.6. The normalized spacial score (nSPS) is 18.4. The molecule has 0 spiro atoms. The van der Waals surface area contributed by atoms with Gasteiger partial charge in [0.05, 0.1) is 13.7 Å².